The molecule has 1 aromatic heterocycles. The Hall–Kier alpha value is -2.15. The second-order valence-electron chi connectivity index (χ2n) is 4.05. The minimum absolute atomic E-state index is 0.00448. The van der Waals surface area contributed by atoms with Crippen molar-refractivity contribution in [3.05, 3.63) is 40.1 Å². The summed E-state index contributed by atoms with van der Waals surface area (Å²) in [5.74, 6) is 0.901. The molecule has 0 bridgehead atoms. The summed E-state index contributed by atoms with van der Waals surface area (Å²) < 4.78 is 1.85. The molecule has 0 N–H and O–H groups in total. The molecule has 0 saturated heterocycles. The summed E-state index contributed by atoms with van der Waals surface area (Å²) in [6.45, 7) is 0.746. The number of carbonyl (C=O) groups excluding carboxylic acids is 1. The first-order valence-corrected chi connectivity index (χ1v) is 6.62. The molecule has 0 saturated carbocycles. The fourth-order valence-electron chi connectivity index (χ4n) is 2.10. The van der Waals surface area contributed by atoms with Crippen LogP contribution in [0.1, 0.15) is 10.5 Å². The van der Waals surface area contributed by atoms with Crippen LogP contribution in [0.15, 0.2) is 29.4 Å². The monoisotopic (exact) mass is 275 g/mol. The van der Waals surface area contributed by atoms with Gasteiger partial charge in [-0.05, 0) is 0 Å². The summed E-state index contributed by atoms with van der Waals surface area (Å²) in [6.07, 6.45) is 0.760. The molecular weight excluding hydrogens is 266 g/mol. The lowest BCUT2D eigenvalue weighted by Crippen LogP contribution is -2.00. The Balaban J connectivity index is 2.14. The maximum absolute atomic E-state index is 11.2. The van der Waals surface area contributed by atoms with Crippen molar-refractivity contribution in [3.63, 3.8) is 0 Å². The van der Waals surface area contributed by atoms with Crippen molar-refractivity contribution in [2.24, 2.45) is 0 Å². The maximum atomic E-state index is 11.2. The van der Waals surface area contributed by atoms with Gasteiger partial charge in [-0.15, -0.1) is 0 Å². The standard InChI is InChI=1S/C12H9N3O3S/c16-7-10-11(13-12-14(10)4-5-19-12)8-2-1-3-9(6-8)15(17)18/h1-3,6-7H,4-5H2. The van der Waals surface area contributed by atoms with Crippen molar-refractivity contribution in [1.29, 1.82) is 0 Å². The number of aromatic nitrogens is 2. The van der Waals surface area contributed by atoms with Crippen molar-refractivity contribution >= 4 is 23.7 Å². The maximum Gasteiger partial charge on any atom is 0.270 e. The number of fused-ring (bicyclic) bond motifs is 1. The van der Waals surface area contributed by atoms with E-state index >= 15 is 0 Å². The van der Waals surface area contributed by atoms with Gasteiger partial charge in [0.2, 0.25) is 0 Å². The zero-order chi connectivity index (χ0) is 13.4. The lowest BCUT2D eigenvalue weighted by Gasteiger charge is -2.01. The Bertz CT molecular complexity index is 681. The molecule has 2 aromatic rings. The van der Waals surface area contributed by atoms with Gasteiger partial charge in [-0.3, -0.25) is 14.9 Å². The van der Waals surface area contributed by atoms with Gasteiger partial charge in [0.05, 0.1) is 4.92 Å². The Morgan fingerprint density at radius 1 is 1.47 bits per heavy atom. The molecule has 1 aromatic carbocycles. The SMILES string of the molecule is O=Cc1c(-c2cccc([N+](=O)[O-])c2)nc2n1CCS2. The Morgan fingerprint density at radius 2 is 2.32 bits per heavy atom. The van der Waals surface area contributed by atoms with Gasteiger partial charge < -0.3 is 4.57 Å². The number of benzene rings is 1. The highest BCUT2D eigenvalue weighted by molar-refractivity contribution is 7.99. The van der Waals surface area contributed by atoms with Gasteiger partial charge in [0, 0.05) is 30.0 Å². The van der Waals surface area contributed by atoms with Gasteiger partial charge in [-0.1, -0.05) is 23.9 Å². The Labute approximate surface area is 112 Å². The minimum Gasteiger partial charge on any atom is -0.315 e. The molecule has 0 amide bonds. The van der Waals surface area contributed by atoms with E-state index in [2.05, 4.69) is 4.98 Å². The number of hydrogen-bond donors (Lipinski definition) is 0. The molecule has 0 atom stereocenters. The number of hydrogen-bond acceptors (Lipinski definition) is 5. The average molecular weight is 275 g/mol. The number of non-ortho nitro benzene ring substituents is 1. The topological polar surface area (TPSA) is 78.0 Å². The van der Waals surface area contributed by atoms with Crippen molar-refractivity contribution in [3.8, 4) is 11.3 Å². The lowest BCUT2D eigenvalue weighted by atomic mass is 10.1. The van der Waals surface area contributed by atoms with E-state index in [1.54, 1.807) is 23.9 Å². The van der Waals surface area contributed by atoms with Crippen LogP contribution >= 0.6 is 11.8 Å². The number of aldehydes is 1. The van der Waals surface area contributed by atoms with Crippen LogP contribution in [0.3, 0.4) is 0 Å². The molecule has 1 aliphatic rings. The third kappa shape index (κ3) is 1.91. The minimum atomic E-state index is -0.456. The predicted octanol–water partition coefficient (Wildman–Crippen LogP) is 2.38. The predicted molar refractivity (Wildman–Crippen MR) is 70.4 cm³/mol. The smallest absolute Gasteiger partial charge is 0.270 e. The summed E-state index contributed by atoms with van der Waals surface area (Å²) in [4.78, 5) is 26.0. The number of nitro groups is 1. The summed E-state index contributed by atoms with van der Waals surface area (Å²) in [5.41, 5.74) is 1.59. The Morgan fingerprint density at radius 3 is 3.05 bits per heavy atom. The molecule has 2 heterocycles. The number of nitro benzene ring substituents is 1. The lowest BCUT2D eigenvalue weighted by molar-refractivity contribution is -0.384. The quantitative estimate of drug-likeness (QED) is 0.488. The fraction of sp³-hybridized carbons (Fsp3) is 0.167. The van der Waals surface area contributed by atoms with Gasteiger partial charge in [-0.25, -0.2) is 4.98 Å². The first-order chi connectivity index (χ1) is 9.20. The summed E-state index contributed by atoms with van der Waals surface area (Å²) in [5, 5.41) is 11.6. The van der Waals surface area contributed by atoms with Gasteiger partial charge >= 0.3 is 0 Å². The third-order valence-corrected chi connectivity index (χ3v) is 3.92. The van der Waals surface area contributed by atoms with Gasteiger partial charge in [-0.2, -0.15) is 0 Å². The number of nitrogens with zero attached hydrogens (tertiary/aromatic N) is 3. The number of rotatable bonds is 3. The van der Waals surface area contributed by atoms with Gasteiger partial charge in [0.15, 0.2) is 11.4 Å². The zero-order valence-electron chi connectivity index (χ0n) is 9.78. The van der Waals surface area contributed by atoms with E-state index in [4.69, 9.17) is 0 Å². The first-order valence-electron chi connectivity index (χ1n) is 5.64. The highest BCUT2D eigenvalue weighted by Gasteiger charge is 2.22. The van der Waals surface area contributed by atoms with Crippen molar-refractivity contribution in [2.75, 3.05) is 5.75 Å². The summed E-state index contributed by atoms with van der Waals surface area (Å²) >= 11 is 1.58. The van der Waals surface area contributed by atoms with Crippen LogP contribution in [-0.4, -0.2) is 26.5 Å². The molecule has 3 rings (SSSR count). The molecule has 0 fully saturated rings. The van der Waals surface area contributed by atoms with E-state index in [1.807, 2.05) is 4.57 Å². The van der Waals surface area contributed by atoms with Crippen molar-refractivity contribution in [2.45, 2.75) is 11.7 Å². The molecule has 96 valence electrons. The molecule has 0 aliphatic carbocycles. The van der Waals surface area contributed by atoms with E-state index in [0.717, 1.165) is 23.7 Å². The highest BCUT2D eigenvalue weighted by atomic mass is 32.2. The third-order valence-electron chi connectivity index (χ3n) is 2.96. The Kier molecular flexibility index (Phi) is 2.83. The van der Waals surface area contributed by atoms with Crippen LogP contribution < -0.4 is 0 Å². The molecular formula is C12H9N3O3S. The van der Waals surface area contributed by atoms with Crippen LogP contribution in [0.2, 0.25) is 0 Å². The van der Waals surface area contributed by atoms with Crippen LogP contribution in [0.4, 0.5) is 5.69 Å². The van der Waals surface area contributed by atoms with Gasteiger partial charge in [0.25, 0.3) is 5.69 Å². The molecule has 1 aliphatic heterocycles. The van der Waals surface area contributed by atoms with Crippen LogP contribution in [-0.2, 0) is 6.54 Å². The second kappa shape index (κ2) is 4.51. The average Bonchev–Trinajstić information content (AvgIpc) is 2.98. The van der Waals surface area contributed by atoms with Crippen LogP contribution in [0, 0.1) is 10.1 Å². The fourth-order valence-corrected chi connectivity index (χ4v) is 3.06. The van der Waals surface area contributed by atoms with E-state index in [-0.39, 0.29) is 5.69 Å². The van der Waals surface area contributed by atoms with Crippen molar-refractivity contribution in [1.82, 2.24) is 9.55 Å². The summed E-state index contributed by atoms with van der Waals surface area (Å²) in [6, 6.07) is 6.18. The molecule has 7 heteroatoms. The first kappa shape index (κ1) is 11.9. The van der Waals surface area contributed by atoms with E-state index in [1.165, 1.54) is 12.1 Å². The molecule has 0 radical (unpaired) electrons. The van der Waals surface area contributed by atoms with E-state index in [0.29, 0.717) is 17.0 Å². The molecule has 0 spiro atoms. The molecule has 0 unspecified atom stereocenters. The molecule has 19 heavy (non-hydrogen) atoms. The van der Waals surface area contributed by atoms with Crippen LogP contribution in [0.25, 0.3) is 11.3 Å². The highest BCUT2D eigenvalue weighted by Crippen LogP contribution is 2.33. The summed E-state index contributed by atoms with van der Waals surface area (Å²) in [7, 11) is 0. The number of imidazole rings is 1. The zero-order valence-corrected chi connectivity index (χ0v) is 10.6. The number of carbonyl (C=O) groups is 1. The van der Waals surface area contributed by atoms with Gasteiger partial charge in [0.1, 0.15) is 11.4 Å². The van der Waals surface area contributed by atoms with E-state index < -0.39 is 4.92 Å². The van der Waals surface area contributed by atoms with Crippen molar-refractivity contribution < 1.29 is 9.72 Å². The largest absolute Gasteiger partial charge is 0.315 e. The second-order valence-corrected chi connectivity index (χ2v) is 5.12. The molecule has 6 nitrogen and oxygen atoms in total. The van der Waals surface area contributed by atoms with E-state index in [9.17, 15) is 14.9 Å². The number of thioether (sulfide) groups is 1. The normalized spacial score (nSPS) is 13.3. The van der Waals surface area contributed by atoms with Crippen LogP contribution in [0.5, 0.6) is 0 Å².